The molecule has 5 nitrogen and oxygen atoms in total. The fraction of sp³-hybridized carbons (Fsp3) is 0.353. The summed E-state index contributed by atoms with van der Waals surface area (Å²) in [7, 11) is 0. The molecule has 2 aromatic heterocycles. The third kappa shape index (κ3) is 2.58. The Labute approximate surface area is 142 Å². The highest BCUT2D eigenvalue weighted by Gasteiger charge is 2.27. The fourth-order valence-corrected chi connectivity index (χ4v) is 4.08. The molecule has 1 aliphatic heterocycles. The number of fused-ring (bicyclic) bond motifs is 1. The van der Waals surface area contributed by atoms with Crippen molar-refractivity contribution in [2.75, 3.05) is 13.1 Å². The van der Waals surface area contributed by atoms with Gasteiger partial charge in [0.25, 0.3) is 5.91 Å². The van der Waals surface area contributed by atoms with Crippen LogP contribution in [-0.2, 0) is 0 Å². The van der Waals surface area contributed by atoms with Crippen LogP contribution in [0.5, 0.6) is 0 Å². The molecule has 24 heavy (non-hydrogen) atoms. The van der Waals surface area contributed by atoms with Crippen LogP contribution in [0.3, 0.4) is 0 Å². The summed E-state index contributed by atoms with van der Waals surface area (Å²) in [6.45, 7) is 3.26. The van der Waals surface area contributed by atoms with Crippen LogP contribution in [0, 0.1) is 12.7 Å². The van der Waals surface area contributed by atoms with Gasteiger partial charge < -0.3 is 9.47 Å². The highest BCUT2D eigenvalue weighted by molar-refractivity contribution is 7.11. The zero-order valence-corrected chi connectivity index (χ0v) is 14.1. The first-order valence-electron chi connectivity index (χ1n) is 7.95. The Morgan fingerprint density at radius 2 is 2.25 bits per heavy atom. The molecular formula is C17H17FN4OS. The molecule has 0 bridgehead atoms. The van der Waals surface area contributed by atoms with Gasteiger partial charge in [0.2, 0.25) is 0 Å². The fourth-order valence-electron chi connectivity index (χ4n) is 3.31. The lowest BCUT2D eigenvalue weighted by Crippen LogP contribution is -2.40. The lowest BCUT2D eigenvalue weighted by molar-refractivity contribution is 0.0685. The van der Waals surface area contributed by atoms with Crippen molar-refractivity contribution in [3.05, 3.63) is 46.4 Å². The number of benzene rings is 1. The molecular weight excluding hydrogens is 327 g/mol. The molecule has 124 valence electrons. The first kappa shape index (κ1) is 15.3. The van der Waals surface area contributed by atoms with Crippen molar-refractivity contribution in [1.82, 2.24) is 19.4 Å². The average Bonchev–Trinajstić information content (AvgIpc) is 3.20. The van der Waals surface area contributed by atoms with E-state index >= 15 is 0 Å². The summed E-state index contributed by atoms with van der Waals surface area (Å²) in [6.07, 6.45) is 3.67. The minimum atomic E-state index is -0.283. The van der Waals surface area contributed by atoms with E-state index in [2.05, 4.69) is 14.5 Å². The van der Waals surface area contributed by atoms with Crippen molar-refractivity contribution in [1.29, 1.82) is 0 Å². The van der Waals surface area contributed by atoms with Crippen LogP contribution in [-0.4, -0.2) is 38.4 Å². The van der Waals surface area contributed by atoms with Crippen LogP contribution in [0.4, 0.5) is 4.39 Å². The number of imidazole rings is 1. The van der Waals surface area contributed by atoms with Crippen LogP contribution in [0.2, 0.25) is 0 Å². The average molecular weight is 344 g/mol. The number of carbonyl (C=O) groups excluding carboxylic acids is 1. The van der Waals surface area contributed by atoms with Gasteiger partial charge in [-0.2, -0.15) is 0 Å². The number of piperidine rings is 1. The molecule has 1 aliphatic rings. The van der Waals surface area contributed by atoms with Gasteiger partial charge in [-0.05, 0) is 31.9 Å². The second-order valence-corrected chi connectivity index (χ2v) is 6.95. The Kier molecular flexibility index (Phi) is 3.80. The van der Waals surface area contributed by atoms with E-state index in [1.54, 1.807) is 17.9 Å². The quantitative estimate of drug-likeness (QED) is 0.716. The number of hydrogen-bond donors (Lipinski definition) is 0. The van der Waals surface area contributed by atoms with E-state index in [4.69, 9.17) is 0 Å². The van der Waals surface area contributed by atoms with Gasteiger partial charge in [0, 0.05) is 19.2 Å². The van der Waals surface area contributed by atoms with E-state index in [1.807, 2.05) is 11.8 Å². The Bertz CT molecular complexity index is 903. The summed E-state index contributed by atoms with van der Waals surface area (Å²) in [4.78, 5) is 23.8. The summed E-state index contributed by atoms with van der Waals surface area (Å²) in [5.41, 5.74) is 4.05. The molecule has 0 radical (unpaired) electrons. The van der Waals surface area contributed by atoms with Gasteiger partial charge in [-0.25, -0.2) is 14.4 Å². The van der Waals surface area contributed by atoms with Gasteiger partial charge in [-0.3, -0.25) is 4.79 Å². The molecule has 0 spiro atoms. The molecule has 0 unspecified atom stereocenters. The maximum absolute atomic E-state index is 13.3. The monoisotopic (exact) mass is 344 g/mol. The second-order valence-electron chi connectivity index (χ2n) is 6.10. The second kappa shape index (κ2) is 5.98. The normalized spacial score (nSPS) is 18.2. The van der Waals surface area contributed by atoms with Crippen molar-refractivity contribution >= 4 is 28.3 Å². The van der Waals surface area contributed by atoms with Gasteiger partial charge in [0.15, 0.2) is 0 Å². The number of aryl methyl sites for hydroxylation is 1. The zero-order valence-electron chi connectivity index (χ0n) is 13.3. The summed E-state index contributed by atoms with van der Waals surface area (Å²) in [5.74, 6) is -0.232. The number of thiazole rings is 1. The van der Waals surface area contributed by atoms with E-state index in [0.29, 0.717) is 16.9 Å². The number of aromatic nitrogens is 3. The summed E-state index contributed by atoms with van der Waals surface area (Å²) >= 11 is 1.39. The summed E-state index contributed by atoms with van der Waals surface area (Å²) < 4.78 is 15.4. The number of carbonyl (C=O) groups is 1. The standard InChI is InChI=1S/C17H17FN4OS/c1-11-16(24-10-20-11)17(23)21-6-2-3-13(8-21)22-9-19-14-7-12(18)4-5-15(14)22/h4-5,7,9-10,13H,2-3,6,8H2,1H3/t13-/m0/s1. The van der Waals surface area contributed by atoms with Crippen molar-refractivity contribution < 1.29 is 9.18 Å². The van der Waals surface area contributed by atoms with Crippen LogP contribution in [0.25, 0.3) is 11.0 Å². The highest BCUT2D eigenvalue weighted by Crippen LogP contribution is 2.27. The first-order chi connectivity index (χ1) is 11.6. The largest absolute Gasteiger partial charge is 0.336 e. The van der Waals surface area contributed by atoms with Crippen molar-refractivity contribution in [2.45, 2.75) is 25.8 Å². The van der Waals surface area contributed by atoms with E-state index in [9.17, 15) is 9.18 Å². The van der Waals surface area contributed by atoms with Crippen LogP contribution in [0.1, 0.15) is 34.2 Å². The lowest BCUT2D eigenvalue weighted by atomic mass is 10.0. The zero-order chi connectivity index (χ0) is 16.7. The molecule has 3 aromatic rings. The molecule has 3 heterocycles. The van der Waals surface area contributed by atoms with Crippen molar-refractivity contribution in [3.8, 4) is 0 Å². The maximum atomic E-state index is 13.3. The molecule has 1 amide bonds. The van der Waals surface area contributed by atoms with Gasteiger partial charge in [-0.1, -0.05) is 0 Å². The molecule has 1 fully saturated rings. The predicted molar refractivity (Wildman–Crippen MR) is 90.7 cm³/mol. The first-order valence-corrected chi connectivity index (χ1v) is 8.83. The number of hydrogen-bond acceptors (Lipinski definition) is 4. The number of nitrogens with zero attached hydrogens (tertiary/aromatic N) is 4. The van der Waals surface area contributed by atoms with Crippen LogP contribution >= 0.6 is 11.3 Å². The molecule has 0 aliphatic carbocycles. The van der Waals surface area contributed by atoms with Crippen LogP contribution < -0.4 is 0 Å². The summed E-state index contributed by atoms with van der Waals surface area (Å²) in [5, 5.41) is 0. The third-order valence-corrected chi connectivity index (χ3v) is 5.47. The van der Waals surface area contributed by atoms with E-state index in [0.717, 1.165) is 30.6 Å². The lowest BCUT2D eigenvalue weighted by Gasteiger charge is -2.33. The Balaban J connectivity index is 1.60. The van der Waals surface area contributed by atoms with E-state index < -0.39 is 0 Å². The van der Waals surface area contributed by atoms with E-state index in [1.165, 1.54) is 23.5 Å². The third-order valence-electron chi connectivity index (χ3n) is 4.55. The Morgan fingerprint density at radius 1 is 1.38 bits per heavy atom. The van der Waals surface area contributed by atoms with Crippen LogP contribution in [0.15, 0.2) is 30.0 Å². The van der Waals surface area contributed by atoms with Crippen molar-refractivity contribution in [3.63, 3.8) is 0 Å². The topological polar surface area (TPSA) is 51.0 Å². The van der Waals surface area contributed by atoms with Gasteiger partial charge in [0.05, 0.1) is 34.6 Å². The molecule has 0 saturated carbocycles. The maximum Gasteiger partial charge on any atom is 0.265 e. The number of rotatable bonds is 2. The minimum Gasteiger partial charge on any atom is -0.336 e. The Hall–Kier alpha value is -2.28. The highest BCUT2D eigenvalue weighted by atomic mass is 32.1. The van der Waals surface area contributed by atoms with Gasteiger partial charge in [0.1, 0.15) is 10.7 Å². The van der Waals surface area contributed by atoms with E-state index in [-0.39, 0.29) is 17.8 Å². The smallest absolute Gasteiger partial charge is 0.265 e. The molecule has 1 saturated heterocycles. The molecule has 0 N–H and O–H groups in total. The minimum absolute atomic E-state index is 0.0511. The van der Waals surface area contributed by atoms with Gasteiger partial charge >= 0.3 is 0 Å². The molecule has 4 rings (SSSR count). The molecule has 7 heteroatoms. The number of amides is 1. The number of halogens is 1. The number of likely N-dealkylation sites (tertiary alicyclic amines) is 1. The SMILES string of the molecule is Cc1ncsc1C(=O)N1CCC[C@H](n2cnc3cc(F)ccc32)C1. The predicted octanol–water partition coefficient (Wildman–Crippen LogP) is 3.42. The molecule has 1 aromatic carbocycles. The summed E-state index contributed by atoms with van der Waals surface area (Å²) in [6, 6.07) is 4.81. The van der Waals surface area contributed by atoms with Crippen molar-refractivity contribution in [2.24, 2.45) is 0 Å². The molecule has 1 atom stereocenters. The van der Waals surface area contributed by atoms with Gasteiger partial charge in [-0.15, -0.1) is 11.3 Å². The Morgan fingerprint density at radius 3 is 3.04 bits per heavy atom.